The van der Waals surface area contributed by atoms with Gasteiger partial charge in [-0.25, -0.2) is 9.59 Å². The number of hydrogen-bond acceptors (Lipinski definition) is 5. The summed E-state index contributed by atoms with van der Waals surface area (Å²) in [4.78, 5) is 25.8. The first kappa shape index (κ1) is 26.9. The number of alkyl halides is 7. The SMILES string of the molecule is C=CC(=O)OCC(=O)OCc1ccc2c(c1)-c1cc(C(=NC)C(F)(F)C(F)(F)C(F)(F)F)ccc1C2. The summed E-state index contributed by atoms with van der Waals surface area (Å²) in [6, 6.07) is 8.32. The Bertz CT molecular complexity index is 1240. The molecule has 0 unspecified atom stereocenters. The summed E-state index contributed by atoms with van der Waals surface area (Å²) in [6.07, 6.45) is -5.27. The summed E-state index contributed by atoms with van der Waals surface area (Å²) >= 11 is 0. The topological polar surface area (TPSA) is 65.0 Å². The predicted octanol–water partition coefficient (Wildman–Crippen LogP) is 5.28. The molecule has 2 aromatic carbocycles. The molecule has 0 radical (unpaired) electrons. The van der Waals surface area contributed by atoms with Gasteiger partial charge in [-0.3, -0.25) is 4.99 Å². The molecule has 5 nitrogen and oxygen atoms in total. The van der Waals surface area contributed by atoms with Crippen molar-refractivity contribution in [3.63, 3.8) is 0 Å². The van der Waals surface area contributed by atoms with E-state index in [0.29, 0.717) is 35.7 Å². The van der Waals surface area contributed by atoms with Crippen LogP contribution in [-0.4, -0.2) is 49.3 Å². The molecule has 192 valence electrons. The normalized spacial score (nSPS) is 13.6. The number of carbonyl (C=O) groups is 2. The lowest BCUT2D eigenvalue weighted by molar-refractivity contribution is -0.336. The third-order valence-electron chi connectivity index (χ3n) is 5.40. The molecule has 0 heterocycles. The van der Waals surface area contributed by atoms with Crippen LogP contribution in [0.25, 0.3) is 11.1 Å². The molecule has 0 N–H and O–H groups in total. The number of esters is 2. The average molecular weight is 517 g/mol. The Balaban J connectivity index is 1.88. The van der Waals surface area contributed by atoms with Gasteiger partial charge in [0.1, 0.15) is 12.3 Å². The first-order valence-corrected chi connectivity index (χ1v) is 10.2. The molecule has 0 bridgehead atoms. The van der Waals surface area contributed by atoms with Gasteiger partial charge < -0.3 is 9.47 Å². The maximum Gasteiger partial charge on any atom is 0.460 e. The zero-order chi connectivity index (χ0) is 26.9. The van der Waals surface area contributed by atoms with Crippen LogP contribution in [0.4, 0.5) is 30.7 Å². The molecule has 0 spiro atoms. The molecule has 0 atom stereocenters. The molecule has 0 fully saturated rings. The third-order valence-corrected chi connectivity index (χ3v) is 5.40. The van der Waals surface area contributed by atoms with Crippen molar-refractivity contribution in [2.24, 2.45) is 4.99 Å². The van der Waals surface area contributed by atoms with Crippen molar-refractivity contribution in [1.82, 2.24) is 0 Å². The van der Waals surface area contributed by atoms with Gasteiger partial charge in [0.2, 0.25) is 0 Å². The molecule has 0 amide bonds. The van der Waals surface area contributed by atoms with E-state index in [0.717, 1.165) is 23.8 Å². The Morgan fingerprint density at radius 3 is 2.17 bits per heavy atom. The highest BCUT2D eigenvalue weighted by molar-refractivity contribution is 6.07. The Labute approximate surface area is 200 Å². The highest BCUT2D eigenvalue weighted by atomic mass is 19.4. The molecule has 0 saturated carbocycles. The van der Waals surface area contributed by atoms with Crippen LogP contribution >= 0.6 is 0 Å². The van der Waals surface area contributed by atoms with Crippen molar-refractivity contribution < 1.29 is 49.8 Å². The van der Waals surface area contributed by atoms with E-state index < -0.39 is 47.8 Å². The summed E-state index contributed by atoms with van der Waals surface area (Å²) in [7, 11) is 0.704. The number of hydrogen-bond donors (Lipinski definition) is 0. The number of carbonyl (C=O) groups excluding carboxylic acids is 2. The van der Waals surface area contributed by atoms with E-state index in [4.69, 9.17) is 4.74 Å². The van der Waals surface area contributed by atoms with Gasteiger partial charge in [0, 0.05) is 18.7 Å². The maximum atomic E-state index is 14.4. The van der Waals surface area contributed by atoms with Crippen LogP contribution in [0.15, 0.2) is 54.0 Å². The minimum Gasteiger partial charge on any atom is -0.458 e. The van der Waals surface area contributed by atoms with Gasteiger partial charge in [-0.2, -0.15) is 30.7 Å². The van der Waals surface area contributed by atoms with Gasteiger partial charge in [-0.1, -0.05) is 30.8 Å². The van der Waals surface area contributed by atoms with E-state index in [1.54, 1.807) is 18.2 Å². The Morgan fingerprint density at radius 2 is 1.58 bits per heavy atom. The Hall–Kier alpha value is -3.70. The zero-order valence-electron chi connectivity index (χ0n) is 18.6. The Morgan fingerprint density at radius 1 is 0.972 bits per heavy atom. The summed E-state index contributed by atoms with van der Waals surface area (Å²) < 4.78 is 104. The van der Waals surface area contributed by atoms with Crippen LogP contribution in [0, 0.1) is 0 Å². The largest absolute Gasteiger partial charge is 0.460 e. The molecule has 36 heavy (non-hydrogen) atoms. The number of rotatable bonds is 8. The minimum absolute atomic E-state index is 0.232. The summed E-state index contributed by atoms with van der Waals surface area (Å²) in [5.74, 6) is -13.6. The lowest BCUT2D eigenvalue weighted by Crippen LogP contribution is -2.56. The number of fused-ring (bicyclic) bond motifs is 3. The minimum atomic E-state index is -6.49. The molecule has 1 aliphatic rings. The maximum absolute atomic E-state index is 14.4. The van der Waals surface area contributed by atoms with Crippen LogP contribution < -0.4 is 0 Å². The molecule has 0 aromatic heterocycles. The first-order chi connectivity index (χ1) is 16.7. The van der Waals surface area contributed by atoms with E-state index in [1.165, 1.54) is 6.07 Å². The molecular weight excluding hydrogens is 499 g/mol. The second kappa shape index (κ2) is 9.75. The lowest BCUT2D eigenvalue weighted by Gasteiger charge is -2.29. The van der Waals surface area contributed by atoms with E-state index >= 15 is 0 Å². The molecule has 0 saturated heterocycles. The molecule has 2 aromatic rings. The number of benzene rings is 2. The van der Waals surface area contributed by atoms with Gasteiger partial charge in [-0.15, -0.1) is 0 Å². The highest BCUT2D eigenvalue weighted by Gasteiger charge is 2.74. The fraction of sp³-hybridized carbons (Fsp3) is 0.292. The third kappa shape index (κ3) is 4.98. The van der Waals surface area contributed by atoms with Crippen molar-refractivity contribution in [3.05, 3.63) is 71.3 Å². The van der Waals surface area contributed by atoms with Crippen LogP contribution in [0.2, 0.25) is 0 Å². The summed E-state index contributed by atoms with van der Waals surface area (Å²) in [5.41, 5.74) is 0.357. The van der Waals surface area contributed by atoms with Crippen LogP contribution in [0.3, 0.4) is 0 Å². The summed E-state index contributed by atoms with van der Waals surface area (Å²) in [5, 5.41) is 0. The summed E-state index contributed by atoms with van der Waals surface area (Å²) in [6.45, 7) is 2.31. The number of aliphatic imine (C=N–C) groups is 1. The molecule has 3 rings (SSSR count). The first-order valence-electron chi connectivity index (χ1n) is 10.2. The monoisotopic (exact) mass is 517 g/mol. The lowest BCUT2D eigenvalue weighted by atomic mass is 9.94. The smallest absolute Gasteiger partial charge is 0.458 e. The van der Waals surface area contributed by atoms with Crippen molar-refractivity contribution in [1.29, 1.82) is 0 Å². The molecular formula is C24H18F7NO4. The zero-order valence-corrected chi connectivity index (χ0v) is 18.6. The van der Waals surface area contributed by atoms with Gasteiger partial charge >= 0.3 is 30.0 Å². The highest BCUT2D eigenvalue weighted by Crippen LogP contribution is 2.48. The van der Waals surface area contributed by atoms with Crippen molar-refractivity contribution in [2.45, 2.75) is 31.0 Å². The quantitative estimate of drug-likeness (QED) is 0.177. The predicted molar refractivity (Wildman–Crippen MR) is 114 cm³/mol. The van der Waals surface area contributed by atoms with Crippen LogP contribution in [0.1, 0.15) is 22.3 Å². The molecule has 0 aliphatic heterocycles. The van der Waals surface area contributed by atoms with Crippen LogP contribution in [-0.2, 0) is 32.1 Å². The van der Waals surface area contributed by atoms with E-state index in [9.17, 15) is 40.3 Å². The van der Waals surface area contributed by atoms with Crippen molar-refractivity contribution >= 4 is 17.7 Å². The van der Waals surface area contributed by atoms with E-state index in [-0.39, 0.29) is 6.61 Å². The van der Waals surface area contributed by atoms with E-state index in [2.05, 4.69) is 16.3 Å². The van der Waals surface area contributed by atoms with Gasteiger partial charge in [0.25, 0.3) is 0 Å². The van der Waals surface area contributed by atoms with Crippen molar-refractivity contribution in [3.8, 4) is 11.1 Å². The van der Waals surface area contributed by atoms with Gasteiger partial charge in [-0.05, 0) is 46.4 Å². The van der Waals surface area contributed by atoms with Crippen LogP contribution in [0.5, 0.6) is 0 Å². The molecule has 12 heteroatoms. The fourth-order valence-electron chi connectivity index (χ4n) is 3.62. The average Bonchev–Trinajstić information content (AvgIpc) is 3.18. The molecule has 1 aliphatic carbocycles. The Kier molecular flexibility index (Phi) is 7.28. The van der Waals surface area contributed by atoms with E-state index in [1.807, 2.05) is 0 Å². The van der Waals surface area contributed by atoms with Gasteiger partial charge in [0.05, 0.1) is 0 Å². The van der Waals surface area contributed by atoms with Crippen molar-refractivity contribution in [2.75, 3.05) is 13.7 Å². The number of ether oxygens (including phenoxy) is 2. The second-order valence-electron chi connectivity index (χ2n) is 7.73. The fourth-order valence-corrected chi connectivity index (χ4v) is 3.62. The number of nitrogens with zero attached hydrogens (tertiary/aromatic N) is 1. The number of halogens is 7. The van der Waals surface area contributed by atoms with Gasteiger partial charge in [0.15, 0.2) is 6.61 Å². The second-order valence-corrected chi connectivity index (χ2v) is 7.73. The standard InChI is InChI=1S/C24H18F7NO4/c1-3-19(33)36-12-20(34)35-11-13-4-5-14-9-15-6-7-16(10-18(15)17(14)8-13)21(32-2)22(25,26)23(27,28)24(29,30)31/h3-8,10H,1,9,11-12H2,2H3.